The Morgan fingerprint density at radius 3 is 2.67 bits per heavy atom. The maximum absolute atomic E-state index is 13.9. The van der Waals surface area contributed by atoms with Gasteiger partial charge in [-0.15, -0.1) is 0 Å². The highest BCUT2D eigenvalue weighted by molar-refractivity contribution is 5.87. The van der Waals surface area contributed by atoms with Crippen molar-refractivity contribution < 1.29 is 18.7 Å². The number of alkyl halides is 1. The Labute approximate surface area is 106 Å². The Balaban J connectivity index is 2.16. The van der Waals surface area contributed by atoms with Crippen molar-refractivity contribution in [1.29, 1.82) is 0 Å². The number of nitrogens with zero attached hydrogens (tertiary/aromatic N) is 1. The molecule has 0 N–H and O–H groups in total. The number of Topliss-reactive ketones (excluding diaryl/α,β-unsaturated/α-hetero) is 1. The summed E-state index contributed by atoms with van der Waals surface area (Å²) in [6.45, 7) is 5.34. The van der Waals surface area contributed by atoms with Gasteiger partial charge in [0.05, 0.1) is 6.04 Å². The van der Waals surface area contributed by atoms with Crippen molar-refractivity contribution in [1.82, 2.24) is 4.90 Å². The predicted octanol–water partition coefficient (Wildman–Crippen LogP) is 2.46. The van der Waals surface area contributed by atoms with Crippen molar-refractivity contribution >= 4 is 11.9 Å². The molecule has 0 aromatic rings. The highest BCUT2D eigenvalue weighted by Crippen LogP contribution is 2.34. The Hall–Kier alpha value is -1.13. The van der Waals surface area contributed by atoms with Crippen molar-refractivity contribution in [3.63, 3.8) is 0 Å². The van der Waals surface area contributed by atoms with E-state index in [2.05, 4.69) is 0 Å². The maximum Gasteiger partial charge on any atom is 0.410 e. The first-order chi connectivity index (χ1) is 8.29. The highest BCUT2D eigenvalue weighted by atomic mass is 19.1. The van der Waals surface area contributed by atoms with Gasteiger partial charge in [0, 0.05) is 12.5 Å². The summed E-state index contributed by atoms with van der Waals surface area (Å²) in [4.78, 5) is 25.1. The van der Waals surface area contributed by atoms with Gasteiger partial charge in [-0.2, -0.15) is 0 Å². The van der Waals surface area contributed by atoms with Gasteiger partial charge in [-0.25, -0.2) is 9.18 Å². The summed E-state index contributed by atoms with van der Waals surface area (Å²) >= 11 is 0. The zero-order valence-corrected chi connectivity index (χ0v) is 11.1. The molecule has 2 bridgehead atoms. The van der Waals surface area contributed by atoms with Crippen molar-refractivity contribution in [3.05, 3.63) is 0 Å². The zero-order chi connectivity index (χ0) is 13.5. The average Bonchev–Trinajstić information content (AvgIpc) is 2.23. The molecule has 3 atom stereocenters. The van der Waals surface area contributed by atoms with Crippen molar-refractivity contribution in [2.24, 2.45) is 0 Å². The third-order valence-electron chi connectivity index (χ3n) is 3.47. The van der Waals surface area contributed by atoms with Crippen LogP contribution in [0.1, 0.15) is 46.5 Å². The third-order valence-corrected chi connectivity index (χ3v) is 3.47. The third kappa shape index (κ3) is 2.49. The number of hydrogen-bond acceptors (Lipinski definition) is 3. The van der Waals surface area contributed by atoms with Crippen LogP contribution in [0.3, 0.4) is 0 Å². The van der Waals surface area contributed by atoms with Gasteiger partial charge in [-0.05, 0) is 40.0 Å². The molecule has 2 aliphatic heterocycles. The Morgan fingerprint density at radius 2 is 2.06 bits per heavy atom. The Kier molecular flexibility index (Phi) is 3.34. The first kappa shape index (κ1) is 13.3. The lowest BCUT2D eigenvalue weighted by Crippen LogP contribution is -2.61. The second-order valence-electron chi connectivity index (χ2n) is 6.11. The van der Waals surface area contributed by atoms with Gasteiger partial charge in [0.15, 0.2) is 12.0 Å². The van der Waals surface area contributed by atoms with Gasteiger partial charge in [-0.3, -0.25) is 9.69 Å². The number of carbonyl (C=O) groups is 2. The fraction of sp³-hybridized carbons (Fsp3) is 0.846. The summed E-state index contributed by atoms with van der Waals surface area (Å²) < 4.78 is 19.2. The number of amides is 1. The van der Waals surface area contributed by atoms with Crippen LogP contribution in [0.2, 0.25) is 0 Å². The first-order valence-corrected chi connectivity index (χ1v) is 6.48. The minimum Gasteiger partial charge on any atom is -0.444 e. The number of rotatable bonds is 0. The summed E-state index contributed by atoms with van der Waals surface area (Å²) in [5.74, 6) is -0.371. The van der Waals surface area contributed by atoms with Crippen LogP contribution in [0.15, 0.2) is 0 Å². The molecule has 0 aromatic carbocycles. The Bertz CT molecular complexity index is 364. The van der Waals surface area contributed by atoms with Crippen LogP contribution in [0.4, 0.5) is 9.18 Å². The van der Waals surface area contributed by atoms with E-state index in [-0.39, 0.29) is 18.2 Å². The minimum absolute atomic E-state index is 0.122. The maximum atomic E-state index is 13.9. The van der Waals surface area contributed by atoms with Gasteiger partial charge in [0.1, 0.15) is 5.60 Å². The standard InChI is InChI=1S/C13H20FNO3/c1-13(2,3)18-12(17)15-8-5-4-6-9(15)11(14)10(16)7-8/h8-9,11H,4-7H2,1-3H3/t8-,9+,11+/m0/s1. The largest absolute Gasteiger partial charge is 0.444 e. The van der Waals surface area contributed by atoms with E-state index in [0.717, 1.165) is 12.8 Å². The summed E-state index contributed by atoms with van der Waals surface area (Å²) in [5, 5.41) is 0. The fourth-order valence-electron chi connectivity index (χ4n) is 2.76. The van der Waals surface area contributed by atoms with Gasteiger partial charge in [0.25, 0.3) is 0 Å². The molecule has 2 rings (SSSR count). The quantitative estimate of drug-likeness (QED) is 0.669. The van der Waals surface area contributed by atoms with Crippen LogP contribution in [0, 0.1) is 0 Å². The summed E-state index contributed by atoms with van der Waals surface area (Å²) in [5.41, 5.74) is -0.599. The van der Waals surface area contributed by atoms with Crippen LogP contribution >= 0.6 is 0 Å². The second-order valence-corrected chi connectivity index (χ2v) is 6.11. The molecule has 2 fully saturated rings. The van der Waals surface area contributed by atoms with Crippen LogP contribution in [-0.4, -0.2) is 40.6 Å². The summed E-state index contributed by atoms with van der Waals surface area (Å²) in [6.07, 6.45) is 0.247. The lowest BCUT2D eigenvalue weighted by Gasteiger charge is -2.46. The SMILES string of the molecule is CC(C)(C)OC(=O)N1[C@H]2CCC[C@@H]1[C@@H](F)C(=O)C2. The molecule has 5 heteroatoms. The van der Waals surface area contributed by atoms with E-state index in [9.17, 15) is 14.0 Å². The molecule has 1 amide bonds. The molecule has 18 heavy (non-hydrogen) atoms. The fourth-order valence-corrected chi connectivity index (χ4v) is 2.76. The molecule has 0 spiro atoms. The lowest BCUT2D eigenvalue weighted by atomic mass is 9.83. The van der Waals surface area contributed by atoms with Crippen LogP contribution in [-0.2, 0) is 9.53 Å². The number of halogens is 1. The normalized spacial score (nSPS) is 32.3. The van der Waals surface area contributed by atoms with Crippen molar-refractivity contribution in [2.45, 2.75) is 70.3 Å². The molecule has 0 aliphatic carbocycles. The topological polar surface area (TPSA) is 46.6 Å². The number of carbonyl (C=O) groups excluding carboxylic acids is 2. The molecule has 0 radical (unpaired) electrons. The van der Waals surface area contributed by atoms with Crippen LogP contribution < -0.4 is 0 Å². The van der Waals surface area contributed by atoms with E-state index < -0.39 is 23.9 Å². The smallest absolute Gasteiger partial charge is 0.410 e. The molecule has 2 aliphatic rings. The number of ketones is 1. The van der Waals surface area contributed by atoms with Crippen molar-refractivity contribution in [2.75, 3.05) is 0 Å². The number of hydrogen-bond donors (Lipinski definition) is 0. The van der Waals surface area contributed by atoms with E-state index >= 15 is 0 Å². The van der Waals surface area contributed by atoms with Crippen LogP contribution in [0.25, 0.3) is 0 Å². The minimum atomic E-state index is -1.55. The van der Waals surface area contributed by atoms with E-state index in [1.54, 1.807) is 20.8 Å². The van der Waals surface area contributed by atoms with Gasteiger partial charge >= 0.3 is 6.09 Å². The molecular weight excluding hydrogens is 237 g/mol. The average molecular weight is 257 g/mol. The Morgan fingerprint density at radius 1 is 1.39 bits per heavy atom. The number of ether oxygens (including phenoxy) is 1. The van der Waals surface area contributed by atoms with E-state index in [4.69, 9.17) is 4.74 Å². The molecule has 0 saturated carbocycles. The molecule has 0 aromatic heterocycles. The molecule has 0 unspecified atom stereocenters. The molecule has 102 valence electrons. The molecule has 2 saturated heterocycles. The first-order valence-electron chi connectivity index (χ1n) is 6.48. The van der Waals surface area contributed by atoms with E-state index in [1.807, 2.05) is 0 Å². The highest BCUT2D eigenvalue weighted by Gasteiger charge is 2.48. The zero-order valence-electron chi connectivity index (χ0n) is 11.1. The number of fused-ring (bicyclic) bond motifs is 2. The van der Waals surface area contributed by atoms with E-state index in [0.29, 0.717) is 6.42 Å². The summed E-state index contributed by atoms with van der Waals surface area (Å²) in [7, 11) is 0. The van der Waals surface area contributed by atoms with E-state index in [1.165, 1.54) is 4.90 Å². The van der Waals surface area contributed by atoms with Crippen molar-refractivity contribution in [3.8, 4) is 0 Å². The van der Waals surface area contributed by atoms with Gasteiger partial charge in [0.2, 0.25) is 0 Å². The molecular formula is C13H20FNO3. The van der Waals surface area contributed by atoms with Gasteiger partial charge < -0.3 is 4.74 Å². The molecule has 4 nitrogen and oxygen atoms in total. The predicted molar refractivity (Wildman–Crippen MR) is 64.0 cm³/mol. The monoisotopic (exact) mass is 257 g/mol. The second kappa shape index (κ2) is 4.52. The van der Waals surface area contributed by atoms with Crippen LogP contribution in [0.5, 0.6) is 0 Å². The summed E-state index contributed by atoms with van der Waals surface area (Å²) in [6, 6.07) is -0.807. The van der Waals surface area contributed by atoms with Gasteiger partial charge in [-0.1, -0.05) is 0 Å². The lowest BCUT2D eigenvalue weighted by molar-refractivity contribution is -0.135. The number of piperidine rings is 2. The molecule has 2 heterocycles.